The second kappa shape index (κ2) is 9.58. The van der Waals surface area contributed by atoms with Crippen LogP contribution >= 0.6 is 11.6 Å². The summed E-state index contributed by atoms with van der Waals surface area (Å²) < 4.78 is 11.3. The smallest absolute Gasteiger partial charge is 0.289 e. The lowest BCUT2D eigenvalue weighted by Crippen LogP contribution is -2.50. The molecule has 8 heteroatoms. The Bertz CT molecular complexity index is 1160. The fourth-order valence-corrected chi connectivity index (χ4v) is 3.57. The molecule has 7 nitrogen and oxygen atoms in total. The number of ether oxygens (including phenoxy) is 1. The van der Waals surface area contributed by atoms with E-state index in [-0.39, 0.29) is 24.2 Å². The van der Waals surface area contributed by atoms with Gasteiger partial charge in [-0.3, -0.25) is 9.59 Å². The summed E-state index contributed by atoms with van der Waals surface area (Å²) >= 11 is 5.88. The molecule has 162 valence electrons. The second-order valence-corrected chi connectivity index (χ2v) is 7.69. The molecule has 1 aliphatic heterocycles. The first-order chi connectivity index (χ1) is 15.5. The van der Waals surface area contributed by atoms with Gasteiger partial charge < -0.3 is 19.0 Å². The summed E-state index contributed by atoms with van der Waals surface area (Å²) in [5.41, 5.74) is 1.00. The Morgan fingerprint density at radius 3 is 2.28 bits per heavy atom. The molecule has 1 saturated heterocycles. The van der Waals surface area contributed by atoms with Gasteiger partial charge >= 0.3 is 0 Å². The highest BCUT2D eigenvalue weighted by atomic mass is 35.5. The number of halogens is 1. The number of nitrogens with zero attached hydrogens (tertiary/aromatic N) is 3. The number of hydrogen-bond acceptors (Lipinski definition) is 5. The van der Waals surface area contributed by atoms with Crippen molar-refractivity contribution in [3.63, 3.8) is 0 Å². The maximum absolute atomic E-state index is 12.8. The zero-order valence-electron chi connectivity index (χ0n) is 17.2. The topological polar surface area (TPSA) is 86.8 Å². The Morgan fingerprint density at radius 2 is 1.59 bits per heavy atom. The molecule has 4 rings (SSSR count). The van der Waals surface area contributed by atoms with E-state index in [2.05, 4.69) is 6.07 Å². The third kappa shape index (κ3) is 4.76. The zero-order chi connectivity index (χ0) is 22.5. The van der Waals surface area contributed by atoms with Crippen molar-refractivity contribution in [2.24, 2.45) is 0 Å². The van der Waals surface area contributed by atoms with Crippen molar-refractivity contribution in [1.82, 2.24) is 9.80 Å². The molecule has 0 atom stereocenters. The predicted molar refractivity (Wildman–Crippen MR) is 117 cm³/mol. The summed E-state index contributed by atoms with van der Waals surface area (Å²) in [5, 5.41) is 9.71. The van der Waals surface area contributed by atoms with Crippen molar-refractivity contribution >= 4 is 23.4 Å². The van der Waals surface area contributed by atoms with E-state index in [0.29, 0.717) is 53.8 Å². The Labute approximate surface area is 190 Å². The normalized spacial score (nSPS) is 13.5. The van der Waals surface area contributed by atoms with Crippen LogP contribution in [-0.2, 0) is 6.61 Å². The van der Waals surface area contributed by atoms with Gasteiger partial charge in [-0.25, -0.2) is 0 Å². The van der Waals surface area contributed by atoms with Gasteiger partial charge in [-0.1, -0.05) is 23.7 Å². The lowest BCUT2D eigenvalue weighted by Gasteiger charge is -2.34. The van der Waals surface area contributed by atoms with Gasteiger partial charge in [0.1, 0.15) is 24.2 Å². The number of amides is 2. The van der Waals surface area contributed by atoms with E-state index in [9.17, 15) is 9.59 Å². The number of hydrogen-bond donors (Lipinski definition) is 0. The van der Waals surface area contributed by atoms with Crippen LogP contribution in [0.25, 0.3) is 0 Å². The Kier molecular flexibility index (Phi) is 6.43. The van der Waals surface area contributed by atoms with Crippen LogP contribution in [0, 0.1) is 11.3 Å². The van der Waals surface area contributed by atoms with E-state index in [0.717, 1.165) is 0 Å². The second-order valence-electron chi connectivity index (χ2n) is 7.25. The highest BCUT2D eigenvalue weighted by Crippen LogP contribution is 2.20. The summed E-state index contributed by atoms with van der Waals surface area (Å²) in [6, 6.07) is 19.1. The first-order valence-electron chi connectivity index (χ1n) is 10.1. The molecule has 1 aromatic heterocycles. The SMILES string of the molecule is N#Cc1ccccc1OCc1ccc(C(=O)N2CCN(C(=O)c3ccc(Cl)cc3)CC2)o1. The summed E-state index contributed by atoms with van der Waals surface area (Å²) in [5.74, 6) is 0.851. The van der Waals surface area contributed by atoms with Gasteiger partial charge in [-0.2, -0.15) is 5.26 Å². The van der Waals surface area contributed by atoms with Gasteiger partial charge in [0.15, 0.2) is 5.76 Å². The van der Waals surface area contributed by atoms with Crippen LogP contribution in [0.4, 0.5) is 0 Å². The monoisotopic (exact) mass is 449 g/mol. The zero-order valence-corrected chi connectivity index (χ0v) is 17.9. The van der Waals surface area contributed by atoms with Crippen LogP contribution in [0.15, 0.2) is 65.1 Å². The number of piperazine rings is 1. The third-order valence-electron chi connectivity index (χ3n) is 5.20. The minimum Gasteiger partial charge on any atom is -0.484 e. The Morgan fingerprint density at radius 1 is 0.938 bits per heavy atom. The molecular formula is C24H20ClN3O4. The van der Waals surface area contributed by atoms with E-state index < -0.39 is 0 Å². The molecule has 3 aromatic rings. The summed E-state index contributed by atoms with van der Waals surface area (Å²) in [7, 11) is 0. The van der Waals surface area contributed by atoms with Crippen molar-refractivity contribution in [3.8, 4) is 11.8 Å². The average Bonchev–Trinajstić information content (AvgIpc) is 3.31. The first-order valence-corrected chi connectivity index (χ1v) is 10.5. The van der Waals surface area contributed by atoms with Gasteiger partial charge in [-0.05, 0) is 48.5 Å². The van der Waals surface area contributed by atoms with Crippen LogP contribution in [0.3, 0.4) is 0 Å². The molecular weight excluding hydrogens is 430 g/mol. The van der Waals surface area contributed by atoms with E-state index in [1.807, 2.05) is 0 Å². The fourth-order valence-electron chi connectivity index (χ4n) is 3.45. The van der Waals surface area contributed by atoms with Gasteiger partial charge in [0, 0.05) is 36.8 Å². The minimum absolute atomic E-state index is 0.0798. The molecule has 0 radical (unpaired) electrons. The molecule has 0 bridgehead atoms. The van der Waals surface area contributed by atoms with Crippen molar-refractivity contribution in [1.29, 1.82) is 5.26 Å². The van der Waals surface area contributed by atoms with E-state index in [1.54, 1.807) is 70.5 Å². The van der Waals surface area contributed by atoms with Crippen LogP contribution in [0.5, 0.6) is 5.75 Å². The molecule has 0 aliphatic carbocycles. The number of rotatable bonds is 5. The quantitative estimate of drug-likeness (QED) is 0.588. The van der Waals surface area contributed by atoms with Crippen LogP contribution in [0.2, 0.25) is 5.02 Å². The summed E-state index contributed by atoms with van der Waals surface area (Å²) in [6.07, 6.45) is 0. The summed E-state index contributed by atoms with van der Waals surface area (Å²) in [6.45, 7) is 1.82. The summed E-state index contributed by atoms with van der Waals surface area (Å²) in [4.78, 5) is 28.8. The maximum Gasteiger partial charge on any atom is 0.289 e. The number of benzene rings is 2. The number of furan rings is 1. The minimum atomic E-state index is -0.229. The van der Waals surface area contributed by atoms with Gasteiger partial charge in [-0.15, -0.1) is 0 Å². The van der Waals surface area contributed by atoms with Gasteiger partial charge in [0.25, 0.3) is 11.8 Å². The third-order valence-corrected chi connectivity index (χ3v) is 5.45. The van der Waals surface area contributed by atoms with Crippen LogP contribution in [0.1, 0.15) is 32.2 Å². The molecule has 2 heterocycles. The molecule has 1 fully saturated rings. The lowest BCUT2D eigenvalue weighted by atomic mass is 10.2. The fraction of sp³-hybridized carbons (Fsp3) is 0.208. The molecule has 0 spiro atoms. The van der Waals surface area contributed by atoms with Crippen molar-refractivity contribution in [3.05, 3.63) is 88.3 Å². The largest absolute Gasteiger partial charge is 0.484 e. The van der Waals surface area contributed by atoms with E-state index >= 15 is 0 Å². The lowest BCUT2D eigenvalue weighted by molar-refractivity contribution is 0.0516. The average molecular weight is 450 g/mol. The Balaban J connectivity index is 1.32. The Hall–Kier alpha value is -3.76. The molecule has 2 amide bonds. The number of carbonyl (C=O) groups is 2. The van der Waals surface area contributed by atoms with E-state index in [4.69, 9.17) is 26.0 Å². The number of nitriles is 1. The molecule has 0 unspecified atom stereocenters. The first kappa shape index (κ1) is 21.5. The molecule has 2 aromatic carbocycles. The van der Waals surface area contributed by atoms with Crippen molar-refractivity contribution in [2.75, 3.05) is 26.2 Å². The highest BCUT2D eigenvalue weighted by molar-refractivity contribution is 6.30. The van der Waals surface area contributed by atoms with Crippen LogP contribution in [-0.4, -0.2) is 47.8 Å². The predicted octanol–water partition coefficient (Wildman–Crippen LogP) is 3.98. The van der Waals surface area contributed by atoms with Crippen molar-refractivity contribution in [2.45, 2.75) is 6.61 Å². The molecule has 0 N–H and O–H groups in total. The molecule has 32 heavy (non-hydrogen) atoms. The maximum atomic E-state index is 12.8. The number of para-hydroxylation sites is 1. The highest BCUT2D eigenvalue weighted by Gasteiger charge is 2.27. The van der Waals surface area contributed by atoms with Gasteiger partial charge in [0.2, 0.25) is 0 Å². The number of carbonyl (C=O) groups excluding carboxylic acids is 2. The molecule has 1 aliphatic rings. The van der Waals surface area contributed by atoms with E-state index in [1.165, 1.54) is 0 Å². The van der Waals surface area contributed by atoms with Gasteiger partial charge in [0.05, 0.1) is 5.56 Å². The standard InChI is InChI=1S/C24H20ClN3O4/c25-19-7-5-17(6-8-19)23(29)27-11-13-28(14-12-27)24(30)22-10-9-20(32-22)16-31-21-4-2-1-3-18(21)15-26/h1-10H,11-14,16H2. The van der Waals surface area contributed by atoms with Crippen LogP contribution < -0.4 is 4.74 Å². The molecule has 0 saturated carbocycles. The van der Waals surface area contributed by atoms with Crippen molar-refractivity contribution < 1.29 is 18.7 Å².